The van der Waals surface area contributed by atoms with Gasteiger partial charge in [-0.1, -0.05) is 17.7 Å². The Bertz CT molecular complexity index is 1120. The summed E-state index contributed by atoms with van der Waals surface area (Å²) in [5.74, 6) is -1.61. The molecule has 2 aromatic carbocycles. The monoisotopic (exact) mass is 479 g/mol. The Morgan fingerprint density at radius 2 is 1.64 bits per heavy atom. The summed E-state index contributed by atoms with van der Waals surface area (Å²) in [6, 6.07) is 10.4. The van der Waals surface area contributed by atoms with Gasteiger partial charge in [0.1, 0.15) is 0 Å². The summed E-state index contributed by atoms with van der Waals surface area (Å²) in [5.41, 5.74) is 5.39. The molecule has 0 heterocycles. The van der Waals surface area contributed by atoms with E-state index in [1.165, 1.54) is 51.6 Å². The highest BCUT2D eigenvalue weighted by molar-refractivity contribution is 7.89. The summed E-state index contributed by atoms with van der Waals surface area (Å²) < 4.78 is 40.9. The molecule has 2 aromatic rings. The number of ether oxygens (including phenoxy) is 3. The zero-order valence-electron chi connectivity index (χ0n) is 18.6. The molecule has 0 spiro atoms. The maximum absolute atomic E-state index is 12.6. The first kappa shape index (κ1) is 25.6. The van der Waals surface area contributed by atoms with Crippen LogP contribution in [0.4, 0.5) is 0 Å². The van der Waals surface area contributed by atoms with E-state index in [1.807, 2.05) is 6.92 Å². The molecule has 0 radical (unpaired) electrons. The van der Waals surface area contributed by atoms with Crippen LogP contribution in [0.25, 0.3) is 0 Å². The van der Waals surface area contributed by atoms with Crippen molar-refractivity contribution >= 4 is 27.8 Å². The normalized spacial score (nSPS) is 10.9. The lowest BCUT2D eigenvalue weighted by Crippen LogP contribution is -2.46. The third-order valence-corrected chi connectivity index (χ3v) is 6.23. The molecule has 2 N–H and O–H groups in total. The maximum Gasteiger partial charge on any atom is 0.343 e. The van der Waals surface area contributed by atoms with Gasteiger partial charge in [-0.05, 0) is 37.3 Å². The van der Waals surface area contributed by atoms with Crippen molar-refractivity contribution in [1.82, 2.24) is 15.2 Å². The topological polar surface area (TPSA) is 140 Å². The van der Waals surface area contributed by atoms with Crippen molar-refractivity contribution in [2.75, 3.05) is 34.4 Å². The number of likely N-dealkylation sites (N-methyl/N-ethyl adjacent to an activating group) is 1. The van der Waals surface area contributed by atoms with Gasteiger partial charge in [0.2, 0.25) is 10.0 Å². The number of sulfonamides is 1. The van der Waals surface area contributed by atoms with Crippen LogP contribution in [-0.2, 0) is 24.3 Å². The number of methoxy groups -OCH3 is 2. The minimum atomic E-state index is -3.87. The largest absolute Gasteiger partial charge is 0.493 e. The van der Waals surface area contributed by atoms with E-state index in [1.54, 1.807) is 12.1 Å². The van der Waals surface area contributed by atoms with E-state index in [0.29, 0.717) is 0 Å². The second kappa shape index (κ2) is 11.3. The molecule has 0 saturated carbocycles. The predicted octanol–water partition coefficient (Wildman–Crippen LogP) is 0.637. The lowest BCUT2D eigenvalue weighted by atomic mass is 10.2. The third-order valence-electron chi connectivity index (χ3n) is 4.41. The van der Waals surface area contributed by atoms with Crippen LogP contribution < -0.4 is 20.3 Å². The van der Waals surface area contributed by atoms with Crippen LogP contribution >= 0.6 is 0 Å². The molecule has 0 atom stereocenters. The summed E-state index contributed by atoms with van der Waals surface area (Å²) in [5, 5.41) is 0. The van der Waals surface area contributed by atoms with Crippen molar-refractivity contribution < 1.29 is 37.0 Å². The molecule has 0 aromatic heterocycles. The number of aryl methyl sites for hydroxylation is 1. The number of carbonyl (C=O) groups excluding carboxylic acids is 3. The average molecular weight is 480 g/mol. The van der Waals surface area contributed by atoms with E-state index in [2.05, 4.69) is 15.6 Å². The molecule has 33 heavy (non-hydrogen) atoms. The third kappa shape index (κ3) is 6.92. The zero-order chi connectivity index (χ0) is 24.6. The number of nitrogens with zero attached hydrogens (tertiary/aromatic N) is 1. The highest BCUT2D eigenvalue weighted by Gasteiger charge is 2.23. The van der Waals surface area contributed by atoms with Crippen molar-refractivity contribution in [1.29, 1.82) is 0 Å². The summed E-state index contributed by atoms with van der Waals surface area (Å²) in [7, 11) is -0.0362. The molecular formula is C21H25N3O8S. The van der Waals surface area contributed by atoms with E-state index < -0.39 is 34.4 Å². The molecule has 2 amide bonds. The fraction of sp³-hybridized carbons (Fsp3) is 0.286. The molecule has 0 unspecified atom stereocenters. The van der Waals surface area contributed by atoms with E-state index >= 15 is 0 Å². The highest BCUT2D eigenvalue weighted by atomic mass is 32.2. The van der Waals surface area contributed by atoms with E-state index in [0.717, 1.165) is 9.87 Å². The zero-order valence-corrected chi connectivity index (χ0v) is 19.4. The predicted molar refractivity (Wildman–Crippen MR) is 117 cm³/mol. The van der Waals surface area contributed by atoms with Gasteiger partial charge < -0.3 is 14.2 Å². The standard InChI is InChI=1S/C21H25N3O8S/c1-14-5-8-16(9-6-14)33(28,29)24(2)12-19(25)22-23-21(27)15-7-10-17(18(11-15)30-3)32-13-20(26)31-4/h5-11H,12-13H2,1-4H3,(H,22,25)(H,23,27). The minimum Gasteiger partial charge on any atom is -0.493 e. The number of hydrazine groups is 1. The van der Waals surface area contributed by atoms with E-state index in [-0.39, 0.29) is 28.6 Å². The van der Waals surface area contributed by atoms with Crippen LogP contribution in [-0.4, -0.2) is 64.9 Å². The van der Waals surface area contributed by atoms with E-state index in [4.69, 9.17) is 9.47 Å². The number of nitrogens with one attached hydrogen (secondary N) is 2. The molecule has 0 fully saturated rings. The second-order valence-electron chi connectivity index (χ2n) is 6.81. The van der Waals surface area contributed by atoms with Gasteiger partial charge >= 0.3 is 5.97 Å². The van der Waals surface area contributed by atoms with Crippen molar-refractivity contribution in [3.63, 3.8) is 0 Å². The summed E-state index contributed by atoms with van der Waals surface area (Å²) in [6.07, 6.45) is 0. The van der Waals surface area contributed by atoms with Crippen molar-refractivity contribution in [2.45, 2.75) is 11.8 Å². The molecule has 0 bridgehead atoms. The molecule has 178 valence electrons. The number of carbonyl (C=O) groups is 3. The summed E-state index contributed by atoms with van der Waals surface area (Å²) >= 11 is 0. The summed E-state index contributed by atoms with van der Waals surface area (Å²) in [4.78, 5) is 35.8. The van der Waals surface area contributed by atoms with Gasteiger partial charge in [0.05, 0.1) is 25.7 Å². The molecule has 11 nitrogen and oxygen atoms in total. The van der Waals surface area contributed by atoms with Crippen LogP contribution in [0.1, 0.15) is 15.9 Å². The molecular weight excluding hydrogens is 454 g/mol. The number of amides is 2. The van der Waals surface area contributed by atoms with Gasteiger partial charge in [0, 0.05) is 12.6 Å². The van der Waals surface area contributed by atoms with Crippen LogP contribution in [0.15, 0.2) is 47.4 Å². The quantitative estimate of drug-likeness (QED) is 0.394. The Morgan fingerprint density at radius 3 is 2.24 bits per heavy atom. The lowest BCUT2D eigenvalue weighted by molar-refractivity contribution is -0.142. The van der Waals surface area contributed by atoms with Gasteiger partial charge in [0.15, 0.2) is 18.1 Å². The number of rotatable bonds is 9. The van der Waals surface area contributed by atoms with Crippen molar-refractivity contribution in [3.8, 4) is 11.5 Å². The number of esters is 1. The average Bonchev–Trinajstić information content (AvgIpc) is 2.80. The molecule has 0 aliphatic rings. The van der Waals surface area contributed by atoms with Crippen LogP contribution in [0.2, 0.25) is 0 Å². The van der Waals surface area contributed by atoms with Gasteiger partial charge in [-0.25, -0.2) is 13.2 Å². The number of benzene rings is 2. The Labute approximate surface area is 191 Å². The number of hydrogen-bond acceptors (Lipinski definition) is 8. The molecule has 0 saturated heterocycles. The lowest BCUT2D eigenvalue weighted by Gasteiger charge is -2.17. The fourth-order valence-electron chi connectivity index (χ4n) is 2.54. The van der Waals surface area contributed by atoms with E-state index in [9.17, 15) is 22.8 Å². The van der Waals surface area contributed by atoms with Crippen LogP contribution in [0.3, 0.4) is 0 Å². The Balaban J connectivity index is 1.96. The Morgan fingerprint density at radius 1 is 0.970 bits per heavy atom. The maximum atomic E-state index is 12.6. The van der Waals surface area contributed by atoms with Crippen molar-refractivity contribution in [2.24, 2.45) is 0 Å². The molecule has 0 aliphatic carbocycles. The smallest absolute Gasteiger partial charge is 0.343 e. The SMILES string of the molecule is COC(=O)COc1ccc(C(=O)NNC(=O)CN(C)S(=O)(=O)c2ccc(C)cc2)cc1OC. The Hall–Kier alpha value is -3.64. The Kier molecular flexibility index (Phi) is 8.77. The first-order chi connectivity index (χ1) is 15.6. The van der Waals surface area contributed by atoms with Crippen LogP contribution in [0, 0.1) is 6.92 Å². The van der Waals surface area contributed by atoms with Gasteiger partial charge in [0.25, 0.3) is 11.8 Å². The first-order valence-corrected chi connectivity index (χ1v) is 11.0. The fourth-order valence-corrected chi connectivity index (χ4v) is 3.67. The molecule has 0 aliphatic heterocycles. The summed E-state index contributed by atoms with van der Waals surface area (Å²) in [6.45, 7) is 0.975. The van der Waals surface area contributed by atoms with Crippen molar-refractivity contribution in [3.05, 3.63) is 53.6 Å². The molecule has 2 rings (SSSR count). The van der Waals surface area contributed by atoms with Gasteiger partial charge in [-0.3, -0.25) is 20.4 Å². The van der Waals surface area contributed by atoms with Gasteiger partial charge in [-0.15, -0.1) is 0 Å². The van der Waals surface area contributed by atoms with Crippen LogP contribution in [0.5, 0.6) is 11.5 Å². The highest BCUT2D eigenvalue weighted by Crippen LogP contribution is 2.28. The van der Waals surface area contributed by atoms with Gasteiger partial charge in [-0.2, -0.15) is 4.31 Å². The minimum absolute atomic E-state index is 0.0500. The first-order valence-electron chi connectivity index (χ1n) is 9.58. The number of hydrogen-bond donors (Lipinski definition) is 2. The molecule has 12 heteroatoms. The second-order valence-corrected chi connectivity index (χ2v) is 8.85.